The number of aryl methyl sites for hydroxylation is 1. The Kier molecular flexibility index (Phi) is 4.04. The molecule has 0 bridgehead atoms. The van der Waals surface area contributed by atoms with E-state index in [1.54, 1.807) is 6.20 Å². The van der Waals surface area contributed by atoms with E-state index >= 15 is 0 Å². The van der Waals surface area contributed by atoms with E-state index < -0.39 is 0 Å². The summed E-state index contributed by atoms with van der Waals surface area (Å²) < 4.78 is 1.85. The third-order valence-corrected chi connectivity index (χ3v) is 3.31. The van der Waals surface area contributed by atoms with Crippen molar-refractivity contribution in [1.82, 2.24) is 9.78 Å². The minimum atomic E-state index is 0.0165. The zero-order valence-corrected chi connectivity index (χ0v) is 11.4. The molecule has 0 aliphatic heterocycles. The second kappa shape index (κ2) is 5.55. The Labute approximate surface area is 113 Å². The summed E-state index contributed by atoms with van der Waals surface area (Å²) in [7, 11) is 0. The summed E-state index contributed by atoms with van der Waals surface area (Å²) in [6, 6.07) is 8.41. The summed E-state index contributed by atoms with van der Waals surface area (Å²) >= 11 is 5.95. The Morgan fingerprint density at radius 1 is 1.44 bits per heavy atom. The highest BCUT2D eigenvalue weighted by atomic mass is 35.5. The van der Waals surface area contributed by atoms with Crippen LogP contribution >= 0.6 is 11.6 Å². The van der Waals surface area contributed by atoms with Gasteiger partial charge in [-0.2, -0.15) is 5.10 Å². The van der Waals surface area contributed by atoms with Gasteiger partial charge in [0.15, 0.2) is 0 Å². The molecule has 2 N–H and O–H groups in total. The predicted octanol–water partition coefficient (Wildman–Crippen LogP) is 3.17. The second-order valence-electron chi connectivity index (χ2n) is 4.57. The summed E-state index contributed by atoms with van der Waals surface area (Å²) in [6.45, 7) is 4.16. The molecule has 2 rings (SSSR count). The third-order valence-electron chi connectivity index (χ3n) is 3.12. The number of rotatable bonds is 4. The molecular formula is C14H18ClN3. The molecule has 1 heterocycles. The number of nitrogens with zero attached hydrogens (tertiary/aromatic N) is 2. The van der Waals surface area contributed by atoms with Crippen molar-refractivity contribution in [2.75, 3.05) is 0 Å². The minimum Gasteiger partial charge on any atom is -0.326 e. The smallest absolute Gasteiger partial charge is 0.0919 e. The Bertz CT molecular complexity index is 521. The lowest BCUT2D eigenvalue weighted by molar-refractivity contribution is 0.424. The van der Waals surface area contributed by atoms with Gasteiger partial charge in [0.05, 0.1) is 17.3 Å². The third kappa shape index (κ3) is 2.74. The van der Waals surface area contributed by atoms with E-state index in [1.165, 1.54) is 11.1 Å². The average Bonchev–Trinajstić information content (AvgIpc) is 2.76. The van der Waals surface area contributed by atoms with Gasteiger partial charge in [-0.15, -0.1) is 0 Å². The van der Waals surface area contributed by atoms with Gasteiger partial charge in [0, 0.05) is 12.2 Å². The normalized spacial score (nSPS) is 14.4. The molecule has 2 unspecified atom stereocenters. The fourth-order valence-electron chi connectivity index (χ4n) is 2.14. The van der Waals surface area contributed by atoms with E-state index in [4.69, 9.17) is 17.3 Å². The molecule has 18 heavy (non-hydrogen) atoms. The maximum absolute atomic E-state index is 6.24. The first-order valence-corrected chi connectivity index (χ1v) is 6.51. The van der Waals surface area contributed by atoms with E-state index in [0.29, 0.717) is 5.02 Å². The summed E-state index contributed by atoms with van der Waals surface area (Å²) in [5.41, 5.74) is 8.63. The lowest BCUT2D eigenvalue weighted by Crippen LogP contribution is -2.32. The van der Waals surface area contributed by atoms with E-state index in [9.17, 15) is 0 Å². The van der Waals surface area contributed by atoms with Gasteiger partial charge >= 0.3 is 0 Å². The highest BCUT2D eigenvalue weighted by Gasteiger charge is 2.21. The molecular weight excluding hydrogens is 246 g/mol. The van der Waals surface area contributed by atoms with Crippen LogP contribution in [0.5, 0.6) is 0 Å². The van der Waals surface area contributed by atoms with Crippen molar-refractivity contribution in [3.63, 3.8) is 0 Å². The SMILES string of the molecule is CCC(N)C(c1cccc(C)c1)n1cc(Cl)cn1. The van der Waals surface area contributed by atoms with Crippen LogP contribution in [-0.4, -0.2) is 15.8 Å². The number of halogens is 1. The monoisotopic (exact) mass is 263 g/mol. The first kappa shape index (κ1) is 13.1. The van der Waals surface area contributed by atoms with Gasteiger partial charge < -0.3 is 5.73 Å². The van der Waals surface area contributed by atoms with Crippen LogP contribution in [0.25, 0.3) is 0 Å². The van der Waals surface area contributed by atoms with Crippen molar-refractivity contribution >= 4 is 11.6 Å². The summed E-state index contributed by atoms with van der Waals surface area (Å²) in [4.78, 5) is 0. The standard InChI is InChI=1S/C14H18ClN3/c1-3-13(16)14(18-9-12(15)8-17-18)11-6-4-5-10(2)7-11/h4-9,13-14H,3,16H2,1-2H3. The van der Waals surface area contributed by atoms with E-state index in [1.807, 2.05) is 16.9 Å². The lowest BCUT2D eigenvalue weighted by Gasteiger charge is -2.24. The van der Waals surface area contributed by atoms with Crippen LogP contribution in [0.3, 0.4) is 0 Å². The van der Waals surface area contributed by atoms with Crippen molar-refractivity contribution in [3.05, 3.63) is 52.8 Å². The second-order valence-corrected chi connectivity index (χ2v) is 5.01. The lowest BCUT2D eigenvalue weighted by atomic mass is 9.97. The van der Waals surface area contributed by atoms with Crippen LogP contribution < -0.4 is 5.73 Å². The number of aromatic nitrogens is 2. The maximum atomic E-state index is 6.24. The molecule has 4 heteroatoms. The molecule has 0 saturated carbocycles. The maximum Gasteiger partial charge on any atom is 0.0919 e. The Morgan fingerprint density at radius 3 is 2.78 bits per heavy atom. The highest BCUT2D eigenvalue weighted by molar-refractivity contribution is 6.30. The molecule has 0 aliphatic carbocycles. The Morgan fingerprint density at radius 2 is 2.22 bits per heavy atom. The van der Waals surface area contributed by atoms with Gasteiger partial charge in [0.25, 0.3) is 0 Å². The average molecular weight is 264 g/mol. The summed E-state index contributed by atoms with van der Waals surface area (Å²) in [5, 5.41) is 4.93. The van der Waals surface area contributed by atoms with Gasteiger partial charge in [-0.1, -0.05) is 48.4 Å². The molecule has 2 atom stereocenters. The van der Waals surface area contributed by atoms with Gasteiger partial charge in [-0.3, -0.25) is 4.68 Å². The topological polar surface area (TPSA) is 43.8 Å². The fourth-order valence-corrected chi connectivity index (χ4v) is 2.28. The van der Waals surface area contributed by atoms with Crippen LogP contribution in [-0.2, 0) is 0 Å². The molecule has 0 aliphatic rings. The zero-order chi connectivity index (χ0) is 13.1. The number of nitrogens with two attached hydrogens (primary N) is 1. The molecule has 1 aromatic heterocycles. The molecule has 96 valence electrons. The van der Waals surface area contributed by atoms with Crippen molar-refractivity contribution in [2.24, 2.45) is 5.73 Å². The van der Waals surface area contributed by atoms with Crippen LogP contribution in [0.4, 0.5) is 0 Å². The molecule has 0 radical (unpaired) electrons. The molecule has 0 spiro atoms. The van der Waals surface area contributed by atoms with Gasteiger partial charge in [-0.05, 0) is 18.9 Å². The van der Waals surface area contributed by atoms with Gasteiger partial charge in [0.2, 0.25) is 0 Å². The first-order chi connectivity index (χ1) is 8.61. The number of benzene rings is 1. The molecule has 2 aromatic rings. The van der Waals surface area contributed by atoms with E-state index in [-0.39, 0.29) is 12.1 Å². The van der Waals surface area contributed by atoms with Crippen LogP contribution in [0.15, 0.2) is 36.7 Å². The van der Waals surface area contributed by atoms with Gasteiger partial charge in [0.1, 0.15) is 0 Å². The Hall–Kier alpha value is -1.32. The first-order valence-electron chi connectivity index (χ1n) is 6.13. The fraction of sp³-hybridized carbons (Fsp3) is 0.357. The molecule has 3 nitrogen and oxygen atoms in total. The minimum absolute atomic E-state index is 0.0165. The molecule has 1 aromatic carbocycles. The van der Waals surface area contributed by atoms with Crippen molar-refractivity contribution in [2.45, 2.75) is 32.4 Å². The highest BCUT2D eigenvalue weighted by Crippen LogP contribution is 2.24. The molecule has 0 saturated heterocycles. The zero-order valence-electron chi connectivity index (χ0n) is 10.7. The number of hydrogen-bond acceptors (Lipinski definition) is 2. The molecule has 0 amide bonds. The summed E-state index contributed by atoms with van der Waals surface area (Å²) in [5.74, 6) is 0. The van der Waals surface area contributed by atoms with Crippen LogP contribution in [0.1, 0.15) is 30.5 Å². The quantitative estimate of drug-likeness (QED) is 0.921. The predicted molar refractivity (Wildman–Crippen MR) is 74.8 cm³/mol. The number of hydrogen-bond donors (Lipinski definition) is 1. The van der Waals surface area contributed by atoms with E-state index in [0.717, 1.165) is 6.42 Å². The van der Waals surface area contributed by atoms with Crippen molar-refractivity contribution in [1.29, 1.82) is 0 Å². The summed E-state index contributed by atoms with van der Waals surface area (Å²) in [6.07, 6.45) is 4.35. The van der Waals surface area contributed by atoms with Gasteiger partial charge in [-0.25, -0.2) is 0 Å². The van der Waals surface area contributed by atoms with E-state index in [2.05, 4.69) is 37.1 Å². The van der Waals surface area contributed by atoms with Crippen molar-refractivity contribution < 1.29 is 0 Å². The molecule has 0 fully saturated rings. The van der Waals surface area contributed by atoms with Crippen molar-refractivity contribution in [3.8, 4) is 0 Å². The van der Waals surface area contributed by atoms with Crippen LogP contribution in [0.2, 0.25) is 5.02 Å². The van der Waals surface area contributed by atoms with Crippen LogP contribution in [0, 0.1) is 6.92 Å². The Balaban J connectivity index is 2.43. The largest absolute Gasteiger partial charge is 0.326 e.